The van der Waals surface area contributed by atoms with Crippen molar-refractivity contribution >= 4 is 0 Å². The second-order valence-electron chi connectivity index (χ2n) is 6.34. The number of halogens is 2. The second kappa shape index (κ2) is 5.65. The lowest BCUT2D eigenvalue weighted by atomic mass is 9.51. The lowest BCUT2D eigenvalue weighted by Gasteiger charge is -2.61. The highest BCUT2D eigenvalue weighted by molar-refractivity contribution is 5.24. The molecule has 1 N–H and O–H groups in total. The summed E-state index contributed by atoms with van der Waals surface area (Å²) in [5, 5.41) is 3.44. The maximum atomic E-state index is 13.9. The van der Waals surface area contributed by atoms with Crippen molar-refractivity contribution in [2.45, 2.75) is 57.7 Å². The van der Waals surface area contributed by atoms with Gasteiger partial charge in [-0.25, -0.2) is 8.78 Å². The van der Waals surface area contributed by atoms with E-state index in [1.54, 1.807) is 0 Å². The highest BCUT2D eigenvalue weighted by Crippen LogP contribution is 2.57. The molecule has 0 radical (unpaired) electrons. The van der Waals surface area contributed by atoms with Crippen LogP contribution in [0.25, 0.3) is 0 Å². The largest absolute Gasteiger partial charge is 0.378 e. The van der Waals surface area contributed by atoms with Gasteiger partial charge in [0.15, 0.2) is 0 Å². The predicted octanol–water partition coefficient (Wildman–Crippen LogP) is 3.96. The van der Waals surface area contributed by atoms with Crippen LogP contribution in [0.3, 0.4) is 0 Å². The predicted molar refractivity (Wildman–Crippen MR) is 78.0 cm³/mol. The van der Waals surface area contributed by atoms with Crippen LogP contribution >= 0.6 is 0 Å². The van der Waals surface area contributed by atoms with Gasteiger partial charge in [0, 0.05) is 29.7 Å². The Morgan fingerprint density at radius 3 is 2.52 bits per heavy atom. The van der Waals surface area contributed by atoms with Crippen LogP contribution in [0.4, 0.5) is 8.78 Å². The van der Waals surface area contributed by atoms with Crippen molar-refractivity contribution in [2.24, 2.45) is 5.41 Å². The van der Waals surface area contributed by atoms with Gasteiger partial charge in [-0.3, -0.25) is 0 Å². The Morgan fingerprint density at radius 2 is 2.00 bits per heavy atom. The Labute approximate surface area is 124 Å². The smallest absolute Gasteiger partial charge is 0.130 e. The molecule has 2 nitrogen and oxygen atoms in total. The van der Waals surface area contributed by atoms with E-state index in [2.05, 4.69) is 5.32 Å². The molecule has 0 aliphatic heterocycles. The van der Waals surface area contributed by atoms with E-state index in [1.807, 2.05) is 13.8 Å². The Hall–Kier alpha value is -1.00. The number of ether oxygens (including phenoxy) is 1. The molecular formula is C17H23F2NO. The van der Waals surface area contributed by atoms with E-state index < -0.39 is 11.6 Å². The molecule has 1 aromatic carbocycles. The fourth-order valence-electron chi connectivity index (χ4n) is 3.98. The van der Waals surface area contributed by atoms with Gasteiger partial charge in [-0.05, 0) is 45.2 Å². The molecule has 0 saturated heterocycles. The fourth-order valence-corrected chi connectivity index (χ4v) is 3.98. The van der Waals surface area contributed by atoms with Crippen molar-refractivity contribution in [3.8, 4) is 0 Å². The number of hydrogen-bond acceptors (Lipinski definition) is 2. The minimum atomic E-state index is -0.474. The van der Waals surface area contributed by atoms with Crippen molar-refractivity contribution in [3.05, 3.63) is 35.4 Å². The lowest BCUT2D eigenvalue weighted by Crippen LogP contribution is -2.67. The average molecular weight is 295 g/mol. The lowest BCUT2D eigenvalue weighted by molar-refractivity contribution is -0.174. The van der Waals surface area contributed by atoms with Crippen LogP contribution in [0.15, 0.2) is 18.2 Å². The third kappa shape index (κ3) is 2.38. The SMILES string of the molecule is CCOC1CC(NC(C)c2c(F)cccc2F)C12CCC2. The van der Waals surface area contributed by atoms with Gasteiger partial charge < -0.3 is 10.1 Å². The van der Waals surface area contributed by atoms with Crippen LogP contribution in [0, 0.1) is 17.0 Å². The molecule has 3 unspecified atom stereocenters. The molecule has 2 aliphatic rings. The molecule has 0 heterocycles. The van der Waals surface area contributed by atoms with E-state index in [4.69, 9.17) is 4.74 Å². The van der Waals surface area contributed by atoms with Gasteiger partial charge in [-0.15, -0.1) is 0 Å². The number of benzene rings is 1. The molecular weight excluding hydrogens is 272 g/mol. The third-order valence-corrected chi connectivity index (χ3v) is 5.32. The number of rotatable bonds is 5. The highest BCUT2D eigenvalue weighted by Gasteiger charge is 2.58. The van der Waals surface area contributed by atoms with Crippen LogP contribution < -0.4 is 5.32 Å². The molecule has 1 spiro atoms. The van der Waals surface area contributed by atoms with Crippen molar-refractivity contribution in [2.75, 3.05) is 6.61 Å². The van der Waals surface area contributed by atoms with E-state index in [0.29, 0.717) is 12.1 Å². The van der Waals surface area contributed by atoms with Gasteiger partial charge in [0.05, 0.1) is 6.10 Å². The zero-order valence-corrected chi connectivity index (χ0v) is 12.7. The van der Waals surface area contributed by atoms with Gasteiger partial charge in [-0.2, -0.15) is 0 Å². The summed E-state index contributed by atoms with van der Waals surface area (Å²) in [5.41, 5.74) is 0.346. The minimum Gasteiger partial charge on any atom is -0.378 e. The van der Waals surface area contributed by atoms with Gasteiger partial charge in [0.1, 0.15) is 11.6 Å². The van der Waals surface area contributed by atoms with Crippen molar-refractivity contribution < 1.29 is 13.5 Å². The molecule has 2 aliphatic carbocycles. The van der Waals surface area contributed by atoms with Crippen LogP contribution in [0.1, 0.15) is 51.1 Å². The molecule has 21 heavy (non-hydrogen) atoms. The number of nitrogens with one attached hydrogen (secondary N) is 1. The van der Waals surface area contributed by atoms with Gasteiger partial charge >= 0.3 is 0 Å². The first kappa shape index (κ1) is 14.9. The summed E-state index contributed by atoms with van der Waals surface area (Å²) in [5.74, 6) is -0.948. The normalized spacial score (nSPS) is 28.0. The molecule has 2 fully saturated rings. The Bertz CT molecular complexity index is 495. The first-order chi connectivity index (χ1) is 10.1. The molecule has 0 bridgehead atoms. The molecule has 116 valence electrons. The summed E-state index contributed by atoms with van der Waals surface area (Å²) in [6.07, 6.45) is 4.79. The zero-order chi connectivity index (χ0) is 15.0. The van der Waals surface area contributed by atoms with Crippen molar-refractivity contribution in [1.82, 2.24) is 5.32 Å². The monoisotopic (exact) mass is 295 g/mol. The molecule has 3 rings (SSSR count). The first-order valence-corrected chi connectivity index (χ1v) is 7.90. The first-order valence-electron chi connectivity index (χ1n) is 7.90. The van der Waals surface area contributed by atoms with Crippen LogP contribution in [-0.2, 0) is 4.74 Å². The second-order valence-corrected chi connectivity index (χ2v) is 6.34. The average Bonchev–Trinajstić information content (AvgIpc) is 2.35. The summed E-state index contributed by atoms with van der Waals surface area (Å²) in [6.45, 7) is 4.59. The highest BCUT2D eigenvalue weighted by atomic mass is 19.1. The van der Waals surface area contributed by atoms with Gasteiger partial charge in [0.2, 0.25) is 0 Å². The van der Waals surface area contributed by atoms with Crippen LogP contribution in [-0.4, -0.2) is 18.8 Å². The third-order valence-electron chi connectivity index (χ3n) is 5.32. The van der Waals surface area contributed by atoms with Crippen molar-refractivity contribution in [3.63, 3.8) is 0 Å². The van der Waals surface area contributed by atoms with E-state index >= 15 is 0 Å². The summed E-state index contributed by atoms with van der Waals surface area (Å²) >= 11 is 0. The van der Waals surface area contributed by atoms with Crippen LogP contribution in [0.5, 0.6) is 0 Å². The molecule has 0 amide bonds. The van der Waals surface area contributed by atoms with Gasteiger partial charge in [-0.1, -0.05) is 12.5 Å². The van der Waals surface area contributed by atoms with Gasteiger partial charge in [0.25, 0.3) is 0 Å². The molecule has 0 aromatic heterocycles. The Morgan fingerprint density at radius 1 is 1.33 bits per heavy atom. The van der Waals surface area contributed by atoms with E-state index in [9.17, 15) is 8.78 Å². The van der Waals surface area contributed by atoms with Crippen LogP contribution in [0.2, 0.25) is 0 Å². The standard InChI is InChI=1S/C17H23F2NO/c1-3-21-15-10-14(17(15)8-5-9-17)20-11(2)16-12(18)6-4-7-13(16)19/h4,6-7,11,14-15,20H,3,5,8-10H2,1-2H3. The molecule has 2 saturated carbocycles. The number of hydrogen-bond donors (Lipinski definition) is 1. The minimum absolute atomic E-state index is 0.145. The zero-order valence-electron chi connectivity index (χ0n) is 12.7. The Balaban J connectivity index is 1.70. The molecule has 3 atom stereocenters. The molecule has 4 heteroatoms. The van der Waals surface area contributed by atoms with E-state index in [1.165, 1.54) is 24.6 Å². The maximum absolute atomic E-state index is 13.9. The van der Waals surface area contributed by atoms with E-state index in [-0.39, 0.29) is 17.0 Å². The summed E-state index contributed by atoms with van der Waals surface area (Å²) in [7, 11) is 0. The maximum Gasteiger partial charge on any atom is 0.130 e. The quantitative estimate of drug-likeness (QED) is 0.887. The van der Waals surface area contributed by atoms with Crippen molar-refractivity contribution in [1.29, 1.82) is 0 Å². The Kier molecular flexibility index (Phi) is 4.02. The topological polar surface area (TPSA) is 21.3 Å². The summed E-state index contributed by atoms with van der Waals surface area (Å²) < 4.78 is 33.5. The summed E-state index contributed by atoms with van der Waals surface area (Å²) in [6, 6.07) is 4.02. The summed E-state index contributed by atoms with van der Waals surface area (Å²) in [4.78, 5) is 0. The fraction of sp³-hybridized carbons (Fsp3) is 0.647. The van der Waals surface area contributed by atoms with E-state index in [0.717, 1.165) is 25.9 Å². The molecule has 1 aromatic rings.